The molecule has 0 atom stereocenters. The third-order valence-electron chi connectivity index (χ3n) is 17.9. The second-order valence-electron chi connectivity index (χ2n) is 28.5. The summed E-state index contributed by atoms with van der Waals surface area (Å²) in [6.07, 6.45) is 0. The van der Waals surface area contributed by atoms with Gasteiger partial charge in [0.05, 0.1) is 0 Å². The molecule has 8 aromatic rings. The van der Waals surface area contributed by atoms with Gasteiger partial charge in [0.15, 0.2) is 0 Å². The maximum Gasteiger partial charge on any atom is 0.0474 e. The largest absolute Gasteiger partial charge is 0.310 e. The van der Waals surface area contributed by atoms with E-state index in [4.69, 9.17) is 0 Å². The first-order valence-corrected chi connectivity index (χ1v) is 27.8. The minimum atomic E-state index is -0.217. The predicted molar refractivity (Wildman–Crippen MR) is 324 cm³/mol. The molecule has 8 aromatic carbocycles. The first-order chi connectivity index (χ1) is 34.9. The van der Waals surface area contributed by atoms with Gasteiger partial charge in [-0.05, 0) is 188 Å². The Kier molecular flexibility index (Phi) is 11.2. The molecule has 11 rings (SSSR count). The van der Waals surface area contributed by atoms with Crippen molar-refractivity contribution in [3.63, 3.8) is 0 Å². The van der Waals surface area contributed by atoms with E-state index in [-0.39, 0.29) is 37.9 Å². The highest BCUT2D eigenvalue weighted by Gasteiger charge is 2.41. The minimum Gasteiger partial charge on any atom is -0.310 e. The molecule has 0 fully saturated rings. The first-order valence-electron chi connectivity index (χ1n) is 27.8. The van der Waals surface area contributed by atoms with Crippen LogP contribution in [0.4, 0.5) is 17.1 Å². The number of fused-ring (bicyclic) bond motifs is 9. The lowest BCUT2D eigenvalue weighted by molar-refractivity contribution is 0.584. The molecule has 0 radical (unpaired) electrons. The van der Waals surface area contributed by atoms with Crippen molar-refractivity contribution < 1.29 is 0 Å². The highest BCUT2D eigenvalue weighted by Crippen LogP contribution is 2.56. The summed E-state index contributed by atoms with van der Waals surface area (Å²) < 4.78 is 0. The summed E-state index contributed by atoms with van der Waals surface area (Å²) in [5.41, 5.74) is 31.2. The number of aryl methyl sites for hydroxylation is 1. The van der Waals surface area contributed by atoms with Crippen molar-refractivity contribution in [2.24, 2.45) is 0 Å². The van der Waals surface area contributed by atoms with E-state index in [0.717, 1.165) is 17.1 Å². The molecule has 0 amide bonds. The average molecular weight is 984 g/mol. The third-order valence-corrected chi connectivity index (χ3v) is 17.9. The molecule has 382 valence electrons. The fraction of sp³-hybridized carbons (Fsp3) is 0.351. The lowest BCUT2D eigenvalue weighted by Gasteiger charge is -2.33. The van der Waals surface area contributed by atoms with E-state index >= 15 is 0 Å². The van der Waals surface area contributed by atoms with E-state index in [0.29, 0.717) is 0 Å². The third kappa shape index (κ3) is 8.08. The van der Waals surface area contributed by atoms with E-state index in [1.807, 2.05) is 0 Å². The second-order valence-corrected chi connectivity index (χ2v) is 28.5. The van der Waals surface area contributed by atoms with Crippen molar-refractivity contribution in [1.82, 2.24) is 0 Å². The number of benzene rings is 8. The van der Waals surface area contributed by atoms with E-state index in [1.54, 1.807) is 0 Å². The molecule has 3 aliphatic rings. The first kappa shape index (κ1) is 50.7. The summed E-state index contributed by atoms with van der Waals surface area (Å²) in [6, 6.07) is 58.0. The Morgan fingerprint density at radius 1 is 0.280 bits per heavy atom. The quantitative estimate of drug-likeness (QED) is 0.166. The van der Waals surface area contributed by atoms with Gasteiger partial charge in [-0.2, -0.15) is 0 Å². The van der Waals surface area contributed by atoms with Crippen LogP contribution in [0.2, 0.25) is 0 Å². The average Bonchev–Trinajstić information content (AvgIpc) is 3.85. The Morgan fingerprint density at radius 2 is 0.587 bits per heavy atom. The van der Waals surface area contributed by atoms with Crippen LogP contribution in [-0.2, 0) is 37.9 Å². The summed E-state index contributed by atoms with van der Waals surface area (Å²) in [5.74, 6) is 0. The van der Waals surface area contributed by atoms with Crippen LogP contribution >= 0.6 is 0 Å². The van der Waals surface area contributed by atoms with Crippen LogP contribution in [0.5, 0.6) is 0 Å². The summed E-state index contributed by atoms with van der Waals surface area (Å²) in [7, 11) is 0. The van der Waals surface area contributed by atoms with Crippen molar-refractivity contribution in [3.8, 4) is 55.6 Å². The molecule has 0 bridgehead atoms. The standard InChI is InChI=1S/C74H81N/c1-44-20-27-50(28-21-44)75(51-29-35-58-57-34-26-49(70(8,9)10)40-65(57)74(18,19)66(58)43-51)52-41-59(45-22-30-53-55-32-24-47(68(2,3)4)38-63(55)72(14,15)61(53)36-45)67(71(11,12)13)60(42-52)46-23-31-54-56-33-25-48(69(5,6)7)39-64(56)73(16,17)62(54)37-46/h20-43H,1-19H3. The summed E-state index contributed by atoms with van der Waals surface area (Å²) in [4.78, 5) is 2.54. The van der Waals surface area contributed by atoms with Gasteiger partial charge in [0.1, 0.15) is 0 Å². The fourth-order valence-corrected chi connectivity index (χ4v) is 13.2. The number of hydrogen-bond acceptors (Lipinski definition) is 1. The molecular formula is C74H81N. The zero-order valence-electron chi connectivity index (χ0n) is 48.8. The van der Waals surface area contributed by atoms with E-state index in [1.165, 1.54) is 117 Å². The number of rotatable bonds is 5. The maximum atomic E-state index is 2.55. The zero-order chi connectivity index (χ0) is 53.9. The zero-order valence-corrected chi connectivity index (χ0v) is 48.8. The van der Waals surface area contributed by atoms with Gasteiger partial charge in [0.2, 0.25) is 0 Å². The van der Waals surface area contributed by atoms with Crippen molar-refractivity contribution in [2.45, 2.75) is 169 Å². The molecule has 0 heterocycles. The molecule has 75 heavy (non-hydrogen) atoms. The van der Waals surface area contributed by atoms with Gasteiger partial charge in [0.25, 0.3) is 0 Å². The number of anilines is 3. The van der Waals surface area contributed by atoms with Gasteiger partial charge in [-0.15, -0.1) is 0 Å². The Balaban J connectivity index is 1.17. The normalized spacial score (nSPS) is 15.7. The topological polar surface area (TPSA) is 3.24 Å². The maximum absolute atomic E-state index is 2.55. The summed E-state index contributed by atoms with van der Waals surface area (Å²) in [5, 5.41) is 0. The molecule has 0 saturated heterocycles. The predicted octanol–water partition coefficient (Wildman–Crippen LogP) is 20.9. The van der Waals surface area contributed by atoms with Crippen LogP contribution in [0.3, 0.4) is 0 Å². The van der Waals surface area contributed by atoms with Crippen LogP contribution in [0.25, 0.3) is 55.6 Å². The van der Waals surface area contributed by atoms with Gasteiger partial charge >= 0.3 is 0 Å². The molecule has 0 N–H and O–H groups in total. The van der Waals surface area contributed by atoms with Crippen molar-refractivity contribution >= 4 is 17.1 Å². The molecule has 3 aliphatic carbocycles. The van der Waals surface area contributed by atoms with E-state index in [9.17, 15) is 0 Å². The monoisotopic (exact) mass is 984 g/mol. The van der Waals surface area contributed by atoms with Crippen molar-refractivity contribution in [1.29, 1.82) is 0 Å². The molecule has 1 heteroatoms. The summed E-state index contributed by atoms with van der Waals surface area (Å²) >= 11 is 0. The van der Waals surface area contributed by atoms with Crippen LogP contribution in [0, 0.1) is 6.92 Å². The van der Waals surface area contributed by atoms with Crippen molar-refractivity contribution in [2.75, 3.05) is 4.90 Å². The molecule has 1 nitrogen and oxygen atoms in total. The Labute approximate surface area is 451 Å². The Morgan fingerprint density at radius 3 is 0.933 bits per heavy atom. The van der Waals surface area contributed by atoms with Crippen LogP contribution < -0.4 is 4.90 Å². The minimum absolute atomic E-state index is 0.0601. The molecular weight excluding hydrogens is 903 g/mol. The number of hydrogen-bond donors (Lipinski definition) is 0. The number of nitrogens with zero attached hydrogens (tertiary/aromatic N) is 1. The Bertz CT molecular complexity index is 3500. The second kappa shape index (κ2) is 16.5. The molecule has 0 spiro atoms. The van der Waals surface area contributed by atoms with E-state index in [2.05, 4.69) is 282 Å². The van der Waals surface area contributed by atoms with Gasteiger partial charge in [0, 0.05) is 33.3 Å². The SMILES string of the molecule is Cc1ccc(N(c2cc(-c3ccc4c(c3)C(C)(C)c3cc(C(C)(C)C)ccc3-4)c(C(C)(C)C)c(-c3ccc4c(c3)C(C)(C)c3cc(C(C)(C)C)ccc3-4)c2)c2ccc3c(c2)C(C)(C)c2cc(C(C)(C)C)ccc2-3)cc1. The molecule has 0 unspecified atom stereocenters. The fourth-order valence-electron chi connectivity index (χ4n) is 13.2. The Hall–Kier alpha value is -6.44. The molecule has 0 aromatic heterocycles. The molecule has 0 saturated carbocycles. The van der Waals surface area contributed by atoms with Crippen LogP contribution in [-0.4, -0.2) is 0 Å². The summed E-state index contributed by atoms with van der Waals surface area (Å²) in [6.45, 7) is 45.0. The van der Waals surface area contributed by atoms with Gasteiger partial charge in [-0.1, -0.05) is 227 Å². The lowest BCUT2D eigenvalue weighted by atomic mass is 9.74. The van der Waals surface area contributed by atoms with Crippen LogP contribution in [0.15, 0.2) is 146 Å². The van der Waals surface area contributed by atoms with Crippen LogP contribution in [0.1, 0.15) is 186 Å². The molecule has 0 aliphatic heterocycles. The highest BCUT2D eigenvalue weighted by molar-refractivity contribution is 5.94. The van der Waals surface area contributed by atoms with Gasteiger partial charge < -0.3 is 4.90 Å². The van der Waals surface area contributed by atoms with Crippen molar-refractivity contribution in [3.05, 3.63) is 207 Å². The smallest absolute Gasteiger partial charge is 0.0474 e. The van der Waals surface area contributed by atoms with E-state index < -0.39 is 0 Å². The van der Waals surface area contributed by atoms with Gasteiger partial charge in [-0.25, -0.2) is 0 Å². The van der Waals surface area contributed by atoms with Gasteiger partial charge in [-0.3, -0.25) is 0 Å². The lowest BCUT2D eigenvalue weighted by Crippen LogP contribution is -2.19. The highest BCUT2D eigenvalue weighted by atomic mass is 15.1.